The van der Waals surface area contributed by atoms with E-state index in [0.717, 1.165) is 11.1 Å². The Morgan fingerprint density at radius 1 is 0.773 bits per heavy atom. The molecule has 0 fully saturated rings. The van der Waals surface area contributed by atoms with Crippen molar-refractivity contribution in [3.05, 3.63) is 48.5 Å². The quantitative estimate of drug-likeness (QED) is 0.798. The van der Waals surface area contributed by atoms with Gasteiger partial charge in [-0.3, -0.25) is 9.59 Å². The van der Waals surface area contributed by atoms with E-state index < -0.39 is 11.8 Å². The highest BCUT2D eigenvalue weighted by Gasteiger charge is 2.04. The Kier molecular flexibility index (Phi) is 4.98. The number of carbonyl (C=O) groups is 2. The van der Waals surface area contributed by atoms with Crippen LogP contribution in [-0.4, -0.2) is 25.0 Å². The standard InChI is InChI=1S/C16H16N2O4/c17-15(19)9-21-13-5-1-3-11(7-13)12-4-2-6-14(8-12)22-10-16(18)20/h1-8H,9-10H2,(H2,17,19)(H2,18,20). The minimum atomic E-state index is -0.535. The Labute approximate surface area is 127 Å². The van der Waals surface area contributed by atoms with Crippen molar-refractivity contribution in [1.82, 2.24) is 0 Å². The van der Waals surface area contributed by atoms with Gasteiger partial charge in [-0.2, -0.15) is 0 Å². The molecule has 0 spiro atoms. The molecule has 0 aliphatic heterocycles. The van der Waals surface area contributed by atoms with Crippen LogP contribution in [0.3, 0.4) is 0 Å². The largest absolute Gasteiger partial charge is 0.484 e. The second-order valence-electron chi connectivity index (χ2n) is 4.57. The average Bonchev–Trinajstić information content (AvgIpc) is 2.51. The summed E-state index contributed by atoms with van der Waals surface area (Å²) < 4.78 is 10.5. The van der Waals surface area contributed by atoms with E-state index in [1.807, 2.05) is 24.3 Å². The molecule has 0 aliphatic carbocycles. The van der Waals surface area contributed by atoms with Crippen molar-refractivity contribution in [2.24, 2.45) is 11.5 Å². The van der Waals surface area contributed by atoms with E-state index in [2.05, 4.69) is 0 Å². The van der Waals surface area contributed by atoms with E-state index in [1.165, 1.54) is 0 Å². The fourth-order valence-corrected chi connectivity index (χ4v) is 1.84. The van der Waals surface area contributed by atoms with Gasteiger partial charge in [0.25, 0.3) is 11.8 Å². The minimum absolute atomic E-state index is 0.175. The Morgan fingerprint density at radius 2 is 1.18 bits per heavy atom. The molecule has 0 aromatic heterocycles. The van der Waals surface area contributed by atoms with E-state index in [1.54, 1.807) is 24.3 Å². The molecule has 0 bridgehead atoms. The summed E-state index contributed by atoms with van der Waals surface area (Å²) in [5, 5.41) is 0. The van der Waals surface area contributed by atoms with Gasteiger partial charge >= 0.3 is 0 Å². The monoisotopic (exact) mass is 300 g/mol. The van der Waals surface area contributed by atoms with Gasteiger partial charge in [0.1, 0.15) is 11.5 Å². The molecule has 0 radical (unpaired) electrons. The zero-order valence-corrected chi connectivity index (χ0v) is 11.8. The van der Waals surface area contributed by atoms with Crippen molar-refractivity contribution >= 4 is 11.8 Å². The van der Waals surface area contributed by atoms with Crippen LogP contribution in [0.4, 0.5) is 0 Å². The third kappa shape index (κ3) is 4.52. The first kappa shape index (κ1) is 15.4. The van der Waals surface area contributed by atoms with Gasteiger partial charge in [-0.15, -0.1) is 0 Å². The Morgan fingerprint density at radius 3 is 1.55 bits per heavy atom. The van der Waals surface area contributed by atoms with Gasteiger partial charge < -0.3 is 20.9 Å². The van der Waals surface area contributed by atoms with Crippen molar-refractivity contribution in [1.29, 1.82) is 0 Å². The number of hydrogen-bond acceptors (Lipinski definition) is 4. The lowest BCUT2D eigenvalue weighted by atomic mass is 10.1. The second-order valence-corrected chi connectivity index (χ2v) is 4.57. The first-order valence-electron chi connectivity index (χ1n) is 6.57. The van der Waals surface area contributed by atoms with Crippen molar-refractivity contribution in [2.75, 3.05) is 13.2 Å². The first-order valence-corrected chi connectivity index (χ1v) is 6.57. The van der Waals surface area contributed by atoms with Crippen LogP contribution in [0.2, 0.25) is 0 Å². The fraction of sp³-hybridized carbons (Fsp3) is 0.125. The molecule has 6 nitrogen and oxygen atoms in total. The van der Waals surface area contributed by atoms with Crippen LogP contribution >= 0.6 is 0 Å². The molecule has 4 N–H and O–H groups in total. The molecule has 6 heteroatoms. The van der Waals surface area contributed by atoms with Crippen LogP contribution in [0.25, 0.3) is 11.1 Å². The summed E-state index contributed by atoms with van der Waals surface area (Å²) in [6, 6.07) is 14.5. The highest BCUT2D eigenvalue weighted by Crippen LogP contribution is 2.26. The molecular formula is C16H16N2O4. The number of hydrogen-bond donors (Lipinski definition) is 2. The van der Waals surface area contributed by atoms with Gasteiger partial charge in [0.15, 0.2) is 13.2 Å². The van der Waals surface area contributed by atoms with Gasteiger partial charge in [-0.05, 0) is 35.4 Å². The van der Waals surface area contributed by atoms with E-state index in [-0.39, 0.29) is 13.2 Å². The summed E-state index contributed by atoms with van der Waals surface area (Å²) in [5.74, 6) is 0.0130. The molecule has 0 atom stereocenters. The number of primary amides is 2. The summed E-state index contributed by atoms with van der Waals surface area (Å²) in [7, 11) is 0. The van der Waals surface area contributed by atoms with Gasteiger partial charge in [-0.1, -0.05) is 24.3 Å². The zero-order valence-electron chi connectivity index (χ0n) is 11.8. The lowest BCUT2D eigenvalue weighted by Crippen LogP contribution is -2.20. The molecule has 2 aromatic rings. The predicted octanol–water partition coefficient (Wildman–Crippen LogP) is 1.08. The highest BCUT2D eigenvalue weighted by molar-refractivity contribution is 5.76. The van der Waals surface area contributed by atoms with Crippen LogP contribution < -0.4 is 20.9 Å². The van der Waals surface area contributed by atoms with Crippen LogP contribution in [0.1, 0.15) is 0 Å². The fourth-order valence-electron chi connectivity index (χ4n) is 1.84. The first-order chi connectivity index (χ1) is 10.5. The summed E-state index contributed by atoms with van der Waals surface area (Å²) in [5.41, 5.74) is 11.9. The van der Waals surface area contributed by atoms with Crippen molar-refractivity contribution < 1.29 is 19.1 Å². The molecule has 22 heavy (non-hydrogen) atoms. The zero-order chi connectivity index (χ0) is 15.9. The molecule has 0 unspecified atom stereocenters. The third-order valence-corrected chi connectivity index (χ3v) is 2.76. The van der Waals surface area contributed by atoms with E-state index in [9.17, 15) is 9.59 Å². The molecule has 2 rings (SSSR count). The van der Waals surface area contributed by atoms with E-state index in [4.69, 9.17) is 20.9 Å². The maximum absolute atomic E-state index is 10.7. The van der Waals surface area contributed by atoms with Crippen molar-refractivity contribution in [2.45, 2.75) is 0 Å². The Bertz CT molecular complexity index is 626. The molecule has 2 amide bonds. The summed E-state index contributed by atoms with van der Waals surface area (Å²) in [4.78, 5) is 21.5. The summed E-state index contributed by atoms with van der Waals surface area (Å²) >= 11 is 0. The lowest BCUT2D eigenvalue weighted by molar-refractivity contribution is -0.120. The number of ether oxygens (including phenoxy) is 2. The number of carbonyl (C=O) groups excluding carboxylic acids is 2. The number of nitrogens with two attached hydrogens (primary N) is 2. The van der Waals surface area contributed by atoms with Crippen LogP contribution in [0.5, 0.6) is 11.5 Å². The molecule has 2 aromatic carbocycles. The average molecular weight is 300 g/mol. The molecule has 114 valence electrons. The Balaban J connectivity index is 2.16. The summed E-state index contributed by atoms with van der Waals surface area (Å²) in [6.45, 7) is -0.351. The molecule has 0 saturated carbocycles. The molecule has 0 aliphatic rings. The third-order valence-electron chi connectivity index (χ3n) is 2.76. The smallest absolute Gasteiger partial charge is 0.255 e. The van der Waals surface area contributed by atoms with Crippen LogP contribution in [-0.2, 0) is 9.59 Å². The highest BCUT2D eigenvalue weighted by atomic mass is 16.5. The summed E-state index contributed by atoms with van der Waals surface area (Å²) in [6.07, 6.45) is 0. The van der Waals surface area contributed by atoms with Crippen molar-refractivity contribution in [3.8, 4) is 22.6 Å². The number of amides is 2. The van der Waals surface area contributed by atoms with Gasteiger partial charge in [0.2, 0.25) is 0 Å². The molecule has 0 heterocycles. The number of benzene rings is 2. The Hall–Kier alpha value is -3.02. The van der Waals surface area contributed by atoms with Gasteiger partial charge in [0, 0.05) is 0 Å². The predicted molar refractivity (Wildman–Crippen MR) is 81.3 cm³/mol. The maximum atomic E-state index is 10.7. The van der Waals surface area contributed by atoms with Crippen LogP contribution in [0, 0.1) is 0 Å². The van der Waals surface area contributed by atoms with Gasteiger partial charge in [0.05, 0.1) is 0 Å². The number of rotatable bonds is 7. The molecule has 0 saturated heterocycles. The van der Waals surface area contributed by atoms with Crippen molar-refractivity contribution in [3.63, 3.8) is 0 Å². The normalized spacial score (nSPS) is 10.0. The SMILES string of the molecule is NC(=O)COc1cccc(-c2cccc(OCC(N)=O)c2)c1. The minimum Gasteiger partial charge on any atom is -0.484 e. The van der Waals surface area contributed by atoms with Gasteiger partial charge in [-0.25, -0.2) is 0 Å². The van der Waals surface area contributed by atoms with Crippen LogP contribution in [0.15, 0.2) is 48.5 Å². The second kappa shape index (κ2) is 7.12. The van der Waals surface area contributed by atoms with E-state index >= 15 is 0 Å². The molecular weight excluding hydrogens is 284 g/mol. The topological polar surface area (TPSA) is 105 Å². The maximum Gasteiger partial charge on any atom is 0.255 e. The van der Waals surface area contributed by atoms with E-state index in [0.29, 0.717) is 11.5 Å². The lowest BCUT2D eigenvalue weighted by Gasteiger charge is -2.09.